The first-order valence-electron chi connectivity index (χ1n) is 12.0. The van der Waals surface area contributed by atoms with E-state index in [1.807, 2.05) is 85.7 Å². The minimum atomic E-state index is -0.784. The molecule has 1 atom stereocenters. The maximum Gasteiger partial charge on any atom is 0.295 e. The van der Waals surface area contributed by atoms with Crippen molar-refractivity contribution in [3.8, 4) is 11.5 Å². The number of likely N-dealkylation sites (tertiary alicyclic amines) is 1. The third-order valence-corrected chi connectivity index (χ3v) is 6.41. The minimum absolute atomic E-state index is 0.0365. The molecule has 0 bridgehead atoms. The number of hydrogen-bond acceptors (Lipinski definition) is 6. The second-order valence-corrected chi connectivity index (χ2v) is 9.26. The largest absolute Gasteiger partial charge is 0.505 e. The molecule has 0 radical (unpaired) electrons. The van der Waals surface area contributed by atoms with Crippen LogP contribution >= 0.6 is 0 Å². The summed E-state index contributed by atoms with van der Waals surface area (Å²) in [6.07, 6.45) is 1.77. The van der Waals surface area contributed by atoms with Crippen LogP contribution in [-0.4, -0.2) is 63.2 Å². The van der Waals surface area contributed by atoms with Crippen LogP contribution < -0.4 is 4.74 Å². The van der Waals surface area contributed by atoms with Gasteiger partial charge in [0.05, 0.1) is 17.3 Å². The Labute approximate surface area is 215 Å². The lowest BCUT2D eigenvalue weighted by Crippen LogP contribution is -2.35. The van der Waals surface area contributed by atoms with Crippen LogP contribution in [0, 0.1) is 6.92 Å². The molecule has 1 aliphatic rings. The number of carbonyl (C=O) groups is 2. The Morgan fingerprint density at radius 1 is 1.00 bits per heavy atom. The number of aromatic nitrogens is 2. The quantitative estimate of drug-likeness (QED) is 0.232. The van der Waals surface area contributed by atoms with Gasteiger partial charge < -0.3 is 19.6 Å². The van der Waals surface area contributed by atoms with Crippen molar-refractivity contribution in [1.29, 1.82) is 0 Å². The number of fused-ring (bicyclic) bond motifs is 1. The van der Waals surface area contributed by atoms with Crippen LogP contribution in [0.5, 0.6) is 11.5 Å². The summed E-state index contributed by atoms with van der Waals surface area (Å²) in [6, 6.07) is 21.4. The van der Waals surface area contributed by atoms with E-state index in [0.29, 0.717) is 47.2 Å². The number of benzene rings is 2. The number of ether oxygens (including phenoxy) is 1. The number of amides is 1. The number of Topliss-reactive ketones (excluding diaryl/α,β-unsaturated/α-hetero) is 1. The number of para-hydroxylation sites is 1. The van der Waals surface area contributed by atoms with Crippen molar-refractivity contribution in [2.45, 2.75) is 13.0 Å². The molecule has 4 aromatic rings. The zero-order chi connectivity index (χ0) is 26.1. The Balaban J connectivity index is 1.65. The van der Waals surface area contributed by atoms with Crippen molar-refractivity contribution >= 4 is 23.1 Å². The van der Waals surface area contributed by atoms with E-state index < -0.39 is 17.7 Å². The molecule has 8 heteroatoms. The Morgan fingerprint density at radius 2 is 1.73 bits per heavy atom. The molecule has 1 fully saturated rings. The number of ketones is 1. The van der Waals surface area contributed by atoms with Gasteiger partial charge in [0.1, 0.15) is 22.8 Å². The van der Waals surface area contributed by atoms with E-state index in [2.05, 4.69) is 4.98 Å². The first-order valence-corrected chi connectivity index (χ1v) is 12.0. The van der Waals surface area contributed by atoms with E-state index in [4.69, 9.17) is 4.74 Å². The van der Waals surface area contributed by atoms with Crippen LogP contribution in [0.4, 0.5) is 0 Å². The highest BCUT2D eigenvalue weighted by atomic mass is 16.5. The summed E-state index contributed by atoms with van der Waals surface area (Å²) < 4.78 is 7.75. The predicted molar refractivity (Wildman–Crippen MR) is 140 cm³/mol. The Morgan fingerprint density at radius 3 is 2.49 bits per heavy atom. The van der Waals surface area contributed by atoms with E-state index in [0.717, 1.165) is 0 Å². The topological polar surface area (TPSA) is 87.4 Å². The second-order valence-electron chi connectivity index (χ2n) is 9.26. The summed E-state index contributed by atoms with van der Waals surface area (Å²) in [7, 11) is 3.81. The van der Waals surface area contributed by atoms with Crippen molar-refractivity contribution in [3.05, 3.63) is 102 Å². The van der Waals surface area contributed by atoms with Gasteiger partial charge in [-0.15, -0.1) is 0 Å². The van der Waals surface area contributed by atoms with Crippen molar-refractivity contribution in [2.75, 3.05) is 27.2 Å². The summed E-state index contributed by atoms with van der Waals surface area (Å²) in [5.74, 6) is -0.382. The first kappa shape index (κ1) is 24.3. The highest BCUT2D eigenvalue weighted by Crippen LogP contribution is 2.41. The number of likely N-dealkylation sites (N-methyl/N-ethyl adjacent to an activating group) is 1. The highest BCUT2D eigenvalue weighted by Gasteiger charge is 2.46. The molecule has 1 amide bonds. The van der Waals surface area contributed by atoms with Gasteiger partial charge in [0, 0.05) is 19.3 Å². The first-order chi connectivity index (χ1) is 17.8. The van der Waals surface area contributed by atoms with Crippen LogP contribution in [0.25, 0.3) is 11.4 Å². The number of aliphatic hydroxyl groups is 1. The van der Waals surface area contributed by atoms with E-state index in [9.17, 15) is 14.7 Å². The Bertz CT molecular complexity index is 1510. The fourth-order valence-electron chi connectivity index (χ4n) is 4.66. The van der Waals surface area contributed by atoms with Gasteiger partial charge in [-0.25, -0.2) is 4.98 Å². The molecular formula is C29H28N4O4. The molecule has 2 aromatic carbocycles. The summed E-state index contributed by atoms with van der Waals surface area (Å²) in [4.78, 5) is 34.7. The number of rotatable bonds is 7. The fraction of sp³-hybridized carbons (Fsp3) is 0.207. The van der Waals surface area contributed by atoms with Crippen molar-refractivity contribution in [2.24, 2.45) is 0 Å². The molecule has 1 saturated heterocycles. The van der Waals surface area contributed by atoms with Crippen molar-refractivity contribution in [3.63, 3.8) is 0 Å². The Hall–Kier alpha value is -4.43. The molecule has 0 aliphatic carbocycles. The van der Waals surface area contributed by atoms with Crippen LogP contribution in [0.3, 0.4) is 0 Å². The zero-order valence-electron chi connectivity index (χ0n) is 21.0. The summed E-state index contributed by atoms with van der Waals surface area (Å²) in [5.41, 5.74) is 2.29. The van der Waals surface area contributed by atoms with Crippen molar-refractivity contribution in [1.82, 2.24) is 19.2 Å². The molecule has 0 saturated carbocycles. The van der Waals surface area contributed by atoms with Crippen LogP contribution in [0.2, 0.25) is 0 Å². The standard InChI is InChI=1S/C29H28N4O4/c1-19-25(32-15-8-7-14-23(32)30-19)27(34)24-26(33(17-16-31(2)3)29(36)28(24)35)20-10-9-13-22(18-20)37-21-11-5-4-6-12-21/h4-15,18,26,34H,16-17H2,1-3H3. The average molecular weight is 497 g/mol. The van der Waals surface area contributed by atoms with E-state index in [-0.39, 0.29) is 11.3 Å². The van der Waals surface area contributed by atoms with Gasteiger partial charge in [-0.2, -0.15) is 0 Å². The van der Waals surface area contributed by atoms with E-state index in [1.54, 1.807) is 23.6 Å². The predicted octanol–water partition coefficient (Wildman–Crippen LogP) is 4.42. The number of carbonyl (C=O) groups excluding carboxylic acids is 2. The number of imidazole rings is 1. The average Bonchev–Trinajstić information content (AvgIpc) is 3.36. The van der Waals surface area contributed by atoms with Gasteiger partial charge >= 0.3 is 0 Å². The molecule has 3 heterocycles. The molecule has 37 heavy (non-hydrogen) atoms. The maximum atomic E-state index is 13.4. The smallest absolute Gasteiger partial charge is 0.295 e. The molecule has 8 nitrogen and oxygen atoms in total. The van der Waals surface area contributed by atoms with Gasteiger partial charge in [0.15, 0.2) is 5.76 Å². The lowest BCUT2D eigenvalue weighted by atomic mass is 9.96. The third kappa shape index (κ3) is 4.59. The summed E-state index contributed by atoms with van der Waals surface area (Å²) >= 11 is 0. The third-order valence-electron chi connectivity index (χ3n) is 6.41. The number of nitrogens with zero attached hydrogens (tertiary/aromatic N) is 4. The van der Waals surface area contributed by atoms with Gasteiger partial charge in [0.25, 0.3) is 11.7 Å². The van der Waals surface area contributed by atoms with Gasteiger partial charge in [-0.1, -0.05) is 36.4 Å². The monoisotopic (exact) mass is 496 g/mol. The molecule has 5 rings (SSSR count). The highest BCUT2D eigenvalue weighted by molar-refractivity contribution is 6.46. The second kappa shape index (κ2) is 9.91. The summed E-state index contributed by atoms with van der Waals surface area (Å²) in [5, 5.41) is 11.6. The van der Waals surface area contributed by atoms with Gasteiger partial charge in [0.2, 0.25) is 0 Å². The number of aliphatic hydroxyl groups excluding tert-OH is 1. The normalized spacial score (nSPS) is 17.2. The van der Waals surface area contributed by atoms with E-state index in [1.165, 1.54) is 4.90 Å². The van der Waals surface area contributed by atoms with Crippen LogP contribution in [0.1, 0.15) is 23.0 Å². The van der Waals surface area contributed by atoms with E-state index >= 15 is 0 Å². The van der Waals surface area contributed by atoms with Crippen LogP contribution in [-0.2, 0) is 9.59 Å². The molecule has 2 aromatic heterocycles. The van der Waals surface area contributed by atoms with Crippen LogP contribution in [0.15, 0.2) is 84.6 Å². The Kier molecular flexibility index (Phi) is 6.50. The zero-order valence-corrected chi connectivity index (χ0v) is 21.0. The minimum Gasteiger partial charge on any atom is -0.505 e. The molecule has 1 unspecified atom stereocenters. The number of pyridine rings is 1. The molecule has 188 valence electrons. The van der Waals surface area contributed by atoms with Gasteiger partial charge in [-0.3, -0.25) is 14.0 Å². The molecule has 0 spiro atoms. The SMILES string of the molecule is Cc1nc2ccccn2c1C(O)=C1C(=O)C(=O)N(CCN(C)C)C1c1cccc(Oc2ccccc2)c1. The number of hydrogen-bond donors (Lipinski definition) is 1. The molecule has 1 aliphatic heterocycles. The van der Waals surface area contributed by atoms with Gasteiger partial charge in [-0.05, 0) is 63.0 Å². The lowest BCUT2D eigenvalue weighted by molar-refractivity contribution is -0.140. The lowest BCUT2D eigenvalue weighted by Gasteiger charge is -2.27. The maximum absolute atomic E-state index is 13.4. The number of aryl methyl sites for hydroxylation is 1. The molecular weight excluding hydrogens is 468 g/mol. The van der Waals surface area contributed by atoms with Crippen molar-refractivity contribution < 1.29 is 19.4 Å². The summed E-state index contributed by atoms with van der Waals surface area (Å²) in [6.45, 7) is 2.64. The molecule has 1 N–H and O–H groups in total. The fourth-order valence-corrected chi connectivity index (χ4v) is 4.66.